The van der Waals surface area contributed by atoms with Gasteiger partial charge in [0.05, 0.1) is 16.3 Å². The number of amides is 1. The first-order valence-corrected chi connectivity index (χ1v) is 9.98. The van der Waals surface area contributed by atoms with Crippen molar-refractivity contribution in [3.63, 3.8) is 0 Å². The number of unbranched alkanes of at least 4 members (excludes halogenated alkanes) is 1. The van der Waals surface area contributed by atoms with Crippen LogP contribution in [-0.4, -0.2) is 22.0 Å². The number of aryl methyl sites for hydroxylation is 3. The zero-order chi connectivity index (χ0) is 19.4. The number of nitrogens with one attached hydrogen (secondary N) is 1. The molecule has 3 rings (SSSR count). The molecule has 3 aromatic rings. The molecule has 1 amide bonds. The Balaban J connectivity index is 1.59. The van der Waals surface area contributed by atoms with Gasteiger partial charge in [0.2, 0.25) is 0 Å². The van der Waals surface area contributed by atoms with Gasteiger partial charge < -0.3 is 9.88 Å². The third-order valence-corrected chi connectivity index (χ3v) is 5.57. The fourth-order valence-corrected chi connectivity index (χ4v) is 4.03. The summed E-state index contributed by atoms with van der Waals surface area (Å²) in [6, 6.07) is 8.42. The van der Waals surface area contributed by atoms with Gasteiger partial charge in [-0.3, -0.25) is 4.79 Å². The van der Waals surface area contributed by atoms with Crippen molar-refractivity contribution in [3.05, 3.63) is 69.2 Å². The normalized spacial score (nSPS) is 11.0. The molecule has 0 unspecified atom stereocenters. The van der Waals surface area contributed by atoms with Gasteiger partial charge in [-0.1, -0.05) is 12.1 Å². The van der Waals surface area contributed by atoms with Crippen LogP contribution in [0, 0.1) is 26.6 Å². The van der Waals surface area contributed by atoms with Crippen LogP contribution in [0.1, 0.15) is 45.3 Å². The third-order valence-electron chi connectivity index (χ3n) is 4.54. The van der Waals surface area contributed by atoms with E-state index in [4.69, 9.17) is 0 Å². The quantitative estimate of drug-likeness (QED) is 0.597. The Morgan fingerprint density at radius 3 is 2.70 bits per heavy atom. The molecule has 2 aromatic heterocycles. The molecular formula is C21H24FN3OS. The zero-order valence-electron chi connectivity index (χ0n) is 15.9. The van der Waals surface area contributed by atoms with E-state index in [0.29, 0.717) is 17.8 Å². The smallest absolute Gasteiger partial charge is 0.253 e. The second-order valence-corrected chi connectivity index (χ2v) is 7.61. The van der Waals surface area contributed by atoms with Crippen molar-refractivity contribution in [2.45, 2.75) is 40.0 Å². The lowest BCUT2D eigenvalue weighted by Crippen LogP contribution is -2.25. The number of rotatable bonds is 7. The van der Waals surface area contributed by atoms with Crippen molar-refractivity contribution in [3.8, 4) is 5.69 Å². The van der Waals surface area contributed by atoms with Crippen LogP contribution in [0.15, 0.2) is 35.7 Å². The summed E-state index contributed by atoms with van der Waals surface area (Å²) in [4.78, 5) is 17.0. The monoisotopic (exact) mass is 385 g/mol. The molecule has 0 atom stereocenters. The van der Waals surface area contributed by atoms with Gasteiger partial charge >= 0.3 is 0 Å². The molecule has 0 aliphatic heterocycles. The van der Waals surface area contributed by atoms with Gasteiger partial charge in [-0.2, -0.15) is 0 Å². The van der Waals surface area contributed by atoms with Crippen LogP contribution >= 0.6 is 11.3 Å². The number of nitrogens with zero attached hydrogens (tertiary/aromatic N) is 2. The summed E-state index contributed by atoms with van der Waals surface area (Å²) in [7, 11) is 0. The molecule has 0 bridgehead atoms. The maximum absolute atomic E-state index is 14.1. The Morgan fingerprint density at radius 1 is 1.22 bits per heavy atom. The van der Waals surface area contributed by atoms with Crippen molar-refractivity contribution in [1.29, 1.82) is 0 Å². The number of hydrogen-bond donors (Lipinski definition) is 1. The van der Waals surface area contributed by atoms with Gasteiger partial charge in [0.1, 0.15) is 5.82 Å². The Hall–Kier alpha value is -2.47. The second kappa shape index (κ2) is 8.48. The summed E-state index contributed by atoms with van der Waals surface area (Å²) in [6.45, 7) is 6.34. The van der Waals surface area contributed by atoms with E-state index >= 15 is 0 Å². The molecule has 6 heteroatoms. The molecule has 0 aliphatic rings. The maximum atomic E-state index is 14.1. The van der Waals surface area contributed by atoms with Crippen LogP contribution in [0.4, 0.5) is 4.39 Å². The van der Waals surface area contributed by atoms with E-state index in [1.54, 1.807) is 34.1 Å². The Kier molecular flexibility index (Phi) is 6.06. The minimum absolute atomic E-state index is 0.115. The van der Waals surface area contributed by atoms with Crippen LogP contribution in [0.5, 0.6) is 0 Å². The number of thiazole rings is 1. The number of halogens is 1. The molecule has 0 saturated carbocycles. The van der Waals surface area contributed by atoms with E-state index in [0.717, 1.165) is 41.4 Å². The van der Waals surface area contributed by atoms with Crippen molar-refractivity contribution >= 4 is 17.2 Å². The molecular weight excluding hydrogens is 361 g/mol. The first kappa shape index (κ1) is 19.3. The van der Waals surface area contributed by atoms with Gasteiger partial charge in [-0.25, -0.2) is 9.37 Å². The second-order valence-electron chi connectivity index (χ2n) is 6.67. The van der Waals surface area contributed by atoms with Crippen molar-refractivity contribution < 1.29 is 9.18 Å². The van der Waals surface area contributed by atoms with Crippen LogP contribution in [0.25, 0.3) is 5.69 Å². The molecule has 0 radical (unpaired) electrons. The fraction of sp³-hybridized carbons (Fsp3) is 0.333. The minimum atomic E-state index is -0.302. The molecule has 0 saturated heterocycles. The number of aromatic nitrogens is 2. The Bertz CT molecular complexity index is 945. The molecule has 1 aromatic carbocycles. The van der Waals surface area contributed by atoms with E-state index in [1.807, 2.05) is 26.8 Å². The summed E-state index contributed by atoms with van der Waals surface area (Å²) < 4.78 is 15.9. The zero-order valence-corrected chi connectivity index (χ0v) is 16.7. The Morgan fingerprint density at radius 2 is 2.00 bits per heavy atom. The maximum Gasteiger partial charge on any atom is 0.253 e. The average molecular weight is 386 g/mol. The lowest BCUT2D eigenvalue weighted by molar-refractivity contribution is 0.0952. The first-order valence-electron chi connectivity index (χ1n) is 9.10. The van der Waals surface area contributed by atoms with E-state index in [9.17, 15) is 9.18 Å². The first-order chi connectivity index (χ1) is 13.0. The third kappa shape index (κ3) is 4.45. The molecule has 4 nitrogen and oxygen atoms in total. The Labute approximate surface area is 163 Å². The van der Waals surface area contributed by atoms with E-state index in [-0.39, 0.29) is 11.7 Å². The number of carbonyl (C=O) groups excluding carboxylic acids is 1. The predicted molar refractivity (Wildman–Crippen MR) is 107 cm³/mol. The summed E-state index contributed by atoms with van der Waals surface area (Å²) in [6.07, 6.45) is 2.83. The molecule has 2 heterocycles. The van der Waals surface area contributed by atoms with E-state index in [2.05, 4.69) is 15.7 Å². The SMILES string of the molecule is Cc1csc(CCCCNC(=O)c2cc(C)n(-c3ccccc3F)c2C)n1. The van der Waals surface area contributed by atoms with Crippen LogP contribution in [-0.2, 0) is 6.42 Å². The average Bonchev–Trinajstić information content (AvgIpc) is 3.18. The highest BCUT2D eigenvalue weighted by molar-refractivity contribution is 7.09. The molecule has 0 fully saturated rings. The van der Waals surface area contributed by atoms with Crippen molar-refractivity contribution in [2.24, 2.45) is 0 Å². The summed E-state index contributed by atoms with van der Waals surface area (Å²) in [5.41, 5.74) is 3.69. The largest absolute Gasteiger partial charge is 0.352 e. The topological polar surface area (TPSA) is 46.9 Å². The van der Waals surface area contributed by atoms with Crippen LogP contribution in [0.3, 0.4) is 0 Å². The van der Waals surface area contributed by atoms with Gasteiger partial charge in [-0.05, 0) is 58.2 Å². The lowest BCUT2D eigenvalue weighted by atomic mass is 10.2. The molecule has 0 aliphatic carbocycles. The molecule has 142 valence electrons. The fourth-order valence-electron chi connectivity index (χ4n) is 3.21. The molecule has 27 heavy (non-hydrogen) atoms. The highest BCUT2D eigenvalue weighted by atomic mass is 32.1. The lowest BCUT2D eigenvalue weighted by Gasteiger charge is -2.11. The van der Waals surface area contributed by atoms with Gasteiger partial charge in [-0.15, -0.1) is 11.3 Å². The van der Waals surface area contributed by atoms with Gasteiger partial charge in [0.15, 0.2) is 0 Å². The standard InChI is InChI=1S/C21H24FN3OS/c1-14-13-27-20(24-14)10-6-7-11-23-21(26)17-12-15(2)25(16(17)3)19-9-5-4-8-18(19)22/h4-5,8-9,12-13H,6-7,10-11H2,1-3H3,(H,23,26). The van der Waals surface area contributed by atoms with Crippen molar-refractivity contribution in [2.75, 3.05) is 6.54 Å². The number of hydrogen-bond acceptors (Lipinski definition) is 3. The van der Waals surface area contributed by atoms with Gasteiger partial charge in [0, 0.05) is 29.0 Å². The predicted octanol–water partition coefficient (Wildman–Crippen LogP) is 4.75. The van der Waals surface area contributed by atoms with Gasteiger partial charge in [0.25, 0.3) is 5.91 Å². The number of benzene rings is 1. The van der Waals surface area contributed by atoms with E-state index < -0.39 is 0 Å². The number of para-hydroxylation sites is 1. The highest BCUT2D eigenvalue weighted by Crippen LogP contribution is 2.22. The summed E-state index contributed by atoms with van der Waals surface area (Å²) in [5.74, 6) is -0.417. The number of carbonyl (C=O) groups is 1. The molecule has 0 spiro atoms. The highest BCUT2D eigenvalue weighted by Gasteiger charge is 2.17. The van der Waals surface area contributed by atoms with Crippen molar-refractivity contribution in [1.82, 2.24) is 14.9 Å². The molecule has 1 N–H and O–H groups in total. The summed E-state index contributed by atoms with van der Waals surface area (Å²) in [5, 5.41) is 6.18. The van der Waals surface area contributed by atoms with E-state index in [1.165, 1.54) is 6.07 Å². The minimum Gasteiger partial charge on any atom is -0.352 e. The summed E-state index contributed by atoms with van der Waals surface area (Å²) >= 11 is 1.68. The van der Waals surface area contributed by atoms with Crippen LogP contribution < -0.4 is 5.32 Å². The van der Waals surface area contributed by atoms with Crippen LogP contribution in [0.2, 0.25) is 0 Å².